The summed E-state index contributed by atoms with van der Waals surface area (Å²) in [5, 5.41) is 16.8. The lowest BCUT2D eigenvalue weighted by molar-refractivity contribution is 0.0690. The fourth-order valence-corrected chi connectivity index (χ4v) is 2.99. The summed E-state index contributed by atoms with van der Waals surface area (Å²) in [5.74, 6) is -0.433. The van der Waals surface area contributed by atoms with Gasteiger partial charge < -0.3 is 15.2 Å². The van der Waals surface area contributed by atoms with Crippen molar-refractivity contribution in [3.8, 4) is 11.4 Å². The smallest absolute Gasteiger partial charge is 0.356 e. The van der Waals surface area contributed by atoms with Crippen LogP contribution in [0.5, 0.6) is 0 Å². The number of carboxylic acids is 1. The Morgan fingerprint density at radius 1 is 1.40 bits per heavy atom. The second kappa shape index (κ2) is 7.02. The van der Waals surface area contributed by atoms with Crippen molar-refractivity contribution < 1.29 is 14.6 Å². The van der Waals surface area contributed by atoms with Crippen LogP contribution in [0.4, 0.5) is 0 Å². The molecular weight excluding hydrogens is 340 g/mol. The highest BCUT2D eigenvalue weighted by Gasteiger charge is 2.23. The van der Waals surface area contributed by atoms with Gasteiger partial charge in [0.2, 0.25) is 0 Å². The zero-order valence-corrected chi connectivity index (χ0v) is 14.9. The number of aromatic carboxylic acids is 1. The van der Waals surface area contributed by atoms with Crippen molar-refractivity contribution in [2.45, 2.75) is 17.9 Å². The average Bonchev–Trinajstić information content (AvgIpc) is 3.07. The first kappa shape index (κ1) is 17.1. The molecule has 0 saturated carbocycles. The van der Waals surface area contributed by atoms with Crippen LogP contribution in [0.2, 0.25) is 0 Å². The molecule has 8 heteroatoms. The van der Waals surface area contributed by atoms with Crippen LogP contribution < -0.4 is 5.32 Å². The summed E-state index contributed by atoms with van der Waals surface area (Å²) in [5.41, 5.74) is 2.07. The number of methoxy groups -OCH3 is 1. The Kier molecular flexibility index (Phi) is 4.80. The third-order valence-electron chi connectivity index (χ3n) is 3.83. The van der Waals surface area contributed by atoms with Crippen LogP contribution in [-0.4, -0.2) is 45.2 Å². The van der Waals surface area contributed by atoms with Crippen molar-refractivity contribution in [1.29, 1.82) is 0 Å². The second-order valence-corrected chi connectivity index (χ2v) is 6.28. The van der Waals surface area contributed by atoms with Gasteiger partial charge in [0, 0.05) is 17.2 Å². The van der Waals surface area contributed by atoms with Gasteiger partial charge in [-0.25, -0.2) is 9.48 Å². The molecule has 1 unspecified atom stereocenters. The lowest BCUT2D eigenvalue weighted by Gasteiger charge is -2.24. The zero-order valence-electron chi connectivity index (χ0n) is 14.1. The van der Waals surface area contributed by atoms with Gasteiger partial charge in [-0.1, -0.05) is 0 Å². The van der Waals surface area contributed by atoms with Gasteiger partial charge >= 0.3 is 5.97 Å². The third-order valence-corrected chi connectivity index (χ3v) is 4.56. The monoisotopic (exact) mass is 358 g/mol. The predicted molar refractivity (Wildman–Crippen MR) is 96.2 cm³/mol. The summed E-state index contributed by atoms with van der Waals surface area (Å²) in [4.78, 5) is 16.8. The molecule has 7 nitrogen and oxygen atoms in total. The minimum Gasteiger partial charge on any atom is -0.483 e. The number of nitrogens with zero attached hydrogens (tertiary/aromatic N) is 3. The fourth-order valence-electron chi connectivity index (χ4n) is 2.56. The molecule has 25 heavy (non-hydrogen) atoms. The van der Waals surface area contributed by atoms with Crippen LogP contribution in [0.1, 0.15) is 17.4 Å². The molecule has 0 fully saturated rings. The molecule has 1 aliphatic heterocycles. The molecule has 0 amide bonds. The number of rotatable bonds is 5. The molecule has 1 atom stereocenters. The quantitative estimate of drug-likeness (QED) is 0.794. The Bertz CT molecular complexity index is 873. The molecule has 2 aromatic rings. The van der Waals surface area contributed by atoms with Crippen LogP contribution in [0, 0.1) is 0 Å². The summed E-state index contributed by atoms with van der Waals surface area (Å²) in [6.45, 7) is 1.95. The van der Waals surface area contributed by atoms with Crippen molar-refractivity contribution >= 4 is 23.4 Å². The Balaban J connectivity index is 2.14. The van der Waals surface area contributed by atoms with E-state index in [0.717, 1.165) is 10.6 Å². The number of ether oxygens (including phenoxy) is 1. The van der Waals surface area contributed by atoms with Gasteiger partial charge in [-0.15, -0.1) is 11.8 Å². The number of allylic oxidation sites excluding steroid dienone is 2. The lowest BCUT2D eigenvalue weighted by Crippen LogP contribution is -2.32. The number of carbonyl (C=O) groups is 1. The summed E-state index contributed by atoms with van der Waals surface area (Å²) in [6.07, 6.45) is 7.33. The molecular formula is C17H18N4O3S. The molecule has 2 N–H and O–H groups in total. The minimum atomic E-state index is -1.08. The normalized spacial score (nSPS) is 16.7. The van der Waals surface area contributed by atoms with E-state index in [2.05, 4.69) is 15.4 Å². The molecule has 0 radical (unpaired) electrons. The van der Waals surface area contributed by atoms with E-state index >= 15 is 0 Å². The van der Waals surface area contributed by atoms with Gasteiger partial charge in [-0.3, -0.25) is 4.98 Å². The van der Waals surface area contributed by atoms with Crippen LogP contribution in [0.15, 0.2) is 47.3 Å². The largest absolute Gasteiger partial charge is 0.483 e. The van der Waals surface area contributed by atoms with Crippen molar-refractivity contribution in [2.24, 2.45) is 0 Å². The first-order valence-electron chi connectivity index (χ1n) is 7.60. The van der Waals surface area contributed by atoms with Gasteiger partial charge in [0.05, 0.1) is 30.2 Å². The summed E-state index contributed by atoms with van der Waals surface area (Å²) >= 11 is 1.60. The maximum absolute atomic E-state index is 11.4. The van der Waals surface area contributed by atoms with Crippen molar-refractivity contribution in [3.05, 3.63) is 48.1 Å². The summed E-state index contributed by atoms with van der Waals surface area (Å²) < 4.78 is 6.82. The summed E-state index contributed by atoms with van der Waals surface area (Å²) in [6, 6.07) is 5.26. The Morgan fingerprint density at radius 2 is 2.20 bits per heavy atom. The molecule has 1 aliphatic rings. The highest BCUT2D eigenvalue weighted by atomic mass is 32.2. The Labute approximate surface area is 149 Å². The molecule has 3 heterocycles. The SMILES string of the molecule is COC1=CC=C(n2nc(C(=O)O)cc2-c2cc(SC)ccn2)C(C)N1. The number of thioether (sulfide) groups is 1. The van der Waals surface area contributed by atoms with Crippen molar-refractivity contribution in [1.82, 2.24) is 20.1 Å². The Hall–Kier alpha value is -2.74. The number of aromatic nitrogens is 3. The Morgan fingerprint density at radius 3 is 2.84 bits per heavy atom. The second-order valence-electron chi connectivity index (χ2n) is 5.41. The number of hydrogen-bond acceptors (Lipinski definition) is 6. The number of nitrogens with one attached hydrogen (secondary N) is 1. The van der Waals surface area contributed by atoms with Gasteiger partial charge in [-0.05, 0) is 37.5 Å². The van der Waals surface area contributed by atoms with Gasteiger partial charge in [0.1, 0.15) is 0 Å². The number of pyridine rings is 1. The van der Waals surface area contributed by atoms with Gasteiger partial charge in [-0.2, -0.15) is 5.10 Å². The van der Waals surface area contributed by atoms with Crippen molar-refractivity contribution in [2.75, 3.05) is 13.4 Å². The molecule has 2 aromatic heterocycles. The third kappa shape index (κ3) is 3.39. The molecule has 0 aromatic carbocycles. The highest BCUT2D eigenvalue weighted by molar-refractivity contribution is 7.98. The summed E-state index contributed by atoms with van der Waals surface area (Å²) in [7, 11) is 1.59. The van der Waals surface area contributed by atoms with E-state index in [1.54, 1.807) is 35.8 Å². The van der Waals surface area contributed by atoms with Crippen LogP contribution >= 0.6 is 11.8 Å². The van der Waals surface area contributed by atoms with Crippen LogP contribution in [0.3, 0.4) is 0 Å². The van der Waals surface area contributed by atoms with E-state index in [4.69, 9.17) is 4.74 Å². The van der Waals surface area contributed by atoms with Crippen LogP contribution in [-0.2, 0) is 4.74 Å². The topological polar surface area (TPSA) is 89.3 Å². The molecule has 0 aliphatic carbocycles. The standard InChI is InChI=1S/C17H18N4O3S/c1-10-14(4-5-16(19-10)24-2)21-15(9-13(20-21)17(22)23)12-8-11(25-3)6-7-18-12/h4-10,19H,1-3H3,(H,22,23). The van der Waals surface area contributed by atoms with E-state index < -0.39 is 5.97 Å². The molecule has 0 bridgehead atoms. The molecule has 0 saturated heterocycles. The maximum atomic E-state index is 11.4. The van der Waals surface area contributed by atoms with E-state index in [1.807, 2.05) is 31.4 Å². The molecule has 0 spiro atoms. The van der Waals surface area contributed by atoms with Crippen molar-refractivity contribution in [3.63, 3.8) is 0 Å². The maximum Gasteiger partial charge on any atom is 0.356 e. The highest BCUT2D eigenvalue weighted by Crippen LogP contribution is 2.27. The van der Waals surface area contributed by atoms with E-state index in [0.29, 0.717) is 17.3 Å². The molecule has 130 valence electrons. The predicted octanol–water partition coefficient (Wildman–Crippen LogP) is 2.69. The zero-order chi connectivity index (χ0) is 18.0. The fraction of sp³-hybridized carbons (Fsp3) is 0.235. The minimum absolute atomic E-state index is 0.0269. The first-order valence-corrected chi connectivity index (χ1v) is 8.82. The first-order chi connectivity index (χ1) is 12.0. The number of dihydropyridines is 1. The molecule has 3 rings (SSSR count). The number of hydrogen-bond donors (Lipinski definition) is 2. The van der Waals surface area contributed by atoms with Gasteiger partial charge in [0.15, 0.2) is 11.6 Å². The lowest BCUT2D eigenvalue weighted by atomic mass is 10.1. The van der Waals surface area contributed by atoms with E-state index in [-0.39, 0.29) is 11.7 Å². The van der Waals surface area contributed by atoms with Gasteiger partial charge in [0.25, 0.3) is 0 Å². The average molecular weight is 358 g/mol. The van der Waals surface area contributed by atoms with Crippen LogP contribution in [0.25, 0.3) is 17.1 Å². The van der Waals surface area contributed by atoms with E-state index in [9.17, 15) is 9.90 Å². The van der Waals surface area contributed by atoms with E-state index in [1.165, 1.54) is 6.07 Å². The number of carboxylic acid groups (broad SMARTS) is 1.